The Hall–Kier alpha value is -3.06. The summed E-state index contributed by atoms with van der Waals surface area (Å²) in [5.41, 5.74) is 6.07. The summed E-state index contributed by atoms with van der Waals surface area (Å²) in [4.78, 5) is 30.0. The number of fused-ring (bicyclic) bond motifs is 5. The zero-order valence-corrected chi connectivity index (χ0v) is 16.4. The van der Waals surface area contributed by atoms with Crippen molar-refractivity contribution >= 4 is 16.9 Å². The molecule has 0 spiro atoms. The highest BCUT2D eigenvalue weighted by Crippen LogP contribution is 2.41. The number of hydrogen-bond acceptors (Lipinski definition) is 5. The molecule has 1 aliphatic carbocycles. The number of ether oxygens (including phenoxy) is 1. The average molecular weight is 406 g/mol. The van der Waals surface area contributed by atoms with E-state index in [9.17, 15) is 19.1 Å². The van der Waals surface area contributed by atoms with Crippen LogP contribution < -0.4 is 5.56 Å². The fourth-order valence-electron chi connectivity index (χ4n) is 5.28. The number of carbonyl (C=O) groups excluding carboxylic acids is 1. The predicted octanol–water partition coefficient (Wildman–Crippen LogP) is 2.49. The van der Waals surface area contributed by atoms with E-state index in [1.165, 1.54) is 6.07 Å². The second-order valence-electron chi connectivity index (χ2n) is 8.30. The number of carbonyl (C=O) groups is 1. The van der Waals surface area contributed by atoms with E-state index in [0.717, 1.165) is 41.3 Å². The van der Waals surface area contributed by atoms with Crippen molar-refractivity contribution in [3.8, 4) is 11.4 Å². The molecule has 0 amide bonds. The molecule has 4 heterocycles. The molecule has 1 aromatic carbocycles. The number of aliphatic hydroxyl groups is 1. The standard InChI is InChI=1S/C23H19FN2O4/c1-10-11-3-2-4-12-15-9-26-18(20(15)25-17(19(11)12)8-16(10)24)7-14-13(22(26)28)5-6-30-23(29)21(14)27/h7-8,21,27H,2-6,9H2,1H3. The molecule has 6 rings (SSSR count). The lowest BCUT2D eigenvalue weighted by Crippen LogP contribution is -2.26. The van der Waals surface area contributed by atoms with Gasteiger partial charge in [0, 0.05) is 34.6 Å². The molecule has 1 unspecified atom stereocenters. The maximum absolute atomic E-state index is 14.5. The van der Waals surface area contributed by atoms with Crippen molar-refractivity contribution in [3.05, 3.63) is 61.7 Å². The largest absolute Gasteiger partial charge is 0.463 e. The number of esters is 1. The Balaban J connectivity index is 1.67. The van der Waals surface area contributed by atoms with Crippen molar-refractivity contribution in [1.29, 1.82) is 0 Å². The molecule has 6 nitrogen and oxygen atoms in total. The molecular weight excluding hydrogens is 387 g/mol. The van der Waals surface area contributed by atoms with Gasteiger partial charge in [-0.3, -0.25) is 4.79 Å². The average Bonchev–Trinajstić information content (AvgIpc) is 3.04. The zero-order valence-electron chi connectivity index (χ0n) is 16.4. The van der Waals surface area contributed by atoms with E-state index in [1.54, 1.807) is 10.6 Å². The first-order chi connectivity index (χ1) is 14.5. The Morgan fingerprint density at radius 3 is 2.77 bits per heavy atom. The van der Waals surface area contributed by atoms with E-state index >= 15 is 0 Å². The highest BCUT2D eigenvalue weighted by Gasteiger charge is 2.34. The molecule has 1 N–H and O–H groups in total. The summed E-state index contributed by atoms with van der Waals surface area (Å²) >= 11 is 0. The number of hydrogen-bond donors (Lipinski definition) is 1. The zero-order chi connectivity index (χ0) is 20.7. The SMILES string of the molecule is Cc1c(F)cc2nc3c(c4c2c1CCC4)Cn1c-3cc2c(c1=O)CCOC(=O)C2O. The first kappa shape index (κ1) is 17.8. The molecule has 2 aliphatic heterocycles. The van der Waals surface area contributed by atoms with E-state index < -0.39 is 12.1 Å². The van der Waals surface area contributed by atoms with Crippen LogP contribution in [0.4, 0.5) is 4.39 Å². The van der Waals surface area contributed by atoms with Crippen LogP contribution in [-0.4, -0.2) is 27.2 Å². The van der Waals surface area contributed by atoms with Gasteiger partial charge in [0.25, 0.3) is 5.56 Å². The molecule has 152 valence electrons. The van der Waals surface area contributed by atoms with Crippen molar-refractivity contribution in [2.45, 2.75) is 45.3 Å². The topological polar surface area (TPSA) is 81.4 Å². The van der Waals surface area contributed by atoms with Crippen molar-refractivity contribution in [2.24, 2.45) is 0 Å². The first-order valence-electron chi connectivity index (χ1n) is 10.2. The smallest absolute Gasteiger partial charge is 0.339 e. The van der Waals surface area contributed by atoms with Crippen LogP contribution in [0.25, 0.3) is 22.3 Å². The van der Waals surface area contributed by atoms with Gasteiger partial charge in [-0.2, -0.15) is 0 Å². The van der Waals surface area contributed by atoms with E-state index in [1.807, 2.05) is 6.92 Å². The summed E-state index contributed by atoms with van der Waals surface area (Å²) in [6.45, 7) is 2.28. The molecule has 0 saturated heterocycles. The van der Waals surface area contributed by atoms with Crippen LogP contribution >= 0.6 is 0 Å². The summed E-state index contributed by atoms with van der Waals surface area (Å²) in [6, 6.07) is 3.15. The Morgan fingerprint density at radius 1 is 1.13 bits per heavy atom. The van der Waals surface area contributed by atoms with E-state index in [-0.39, 0.29) is 30.0 Å². The van der Waals surface area contributed by atoms with Crippen LogP contribution in [0.3, 0.4) is 0 Å². The maximum Gasteiger partial charge on any atom is 0.339 e. The molecule has 2 aromatic heterocycles. The third-order valence-corrected chi connectivity index (χ3v) is 6.78. The molecule has 0 bridgehead atoms. The van der Waals surface area contributed by atoms with Gasteiger partial charge in [0.1, 0.15) is 5.82 Å². The van der Waals surface area contributed by atoms with Crippen molar-refractivity contribution < 1.29 is 19.0 Å². The van der Waals surface area contributed by atoms with Gasteiger partial charge in [0.05, 0.1) is 30.1 Å². The van der Waals surface area contributed by atoms with Gasteiger partial charge in [-0.1, -0.05) is 0 Å². The lowest BCUT2D eigenvalue weighted by molar-refractivity contribution is -0.153. The van der Waals surface area contributed by atoms with Crippen LogP contribution in [0.15, 0.2) is 16.9 Å². The Kier molecular flexibility index (Phi) is 3.54. The third kappa shape index (κ3) is 2.18. The lowest BCUT2D eigenvalue weighted by atomic mass is 9.85. The maximum atomic E-state index is 14.5. The number of aromatic nitrogens is 2. The van der Waals surface area contributed by atoms with Gasteiger partial charge in [-0.05, 0) is 48.9 Å². The van der Waals surface area contributed by atoms with Gasteiger partial charge < -0.3 is 14.4 Å². The summed E-state index contributed by atoms with van der Waals surface area (Å²) in [6.07, 6.45) is 1.38. The highest BCUT2D eigenvalue weighted by molar-refractivity contribution is 5.92. The summed E-state index contributed by atoms with van der Waals surface area (Å²) in [5.74, 6) is -1.02. The Bertz CT molecular complexity index is 1360. The van der Waals surface area contributed by atoms with Gasteiger partial charge in [0.15, 0.2) is 6.10 Å². The molecule has 3 aliphatic rings. The molecule has 0 fully saturated rings. The second kappa shape index (κ2) is 5.98. The summed E-state index contributed by atoms with van der Waals surface area (Å²) < 4.78 is 21.2. The van der Waals surface area contributed by atoms with E-state index in [0.29, 0.717) is 34.6 Å². The first-order valence-corrected chi connectivity index (χ1v) is 10.2. The van der Waals surface area contributed by atoms with Crippen molar-refractivity contribution in [2.75, 3.05) is 6.61 Å². The van der Waals surface area contributed by atoms with Crippen LogP contribution in [0.2, 0.25) is 0 Å². The lowest BCUT2D eigenvalue weighted by Gasteiger charge is -2.21. The molecule has 0 saturated carbocycles. The number of rotatable bonds is 0. The number of aryl methyl sites for hydroxylation is 2. The molecule has 3 aromatic rings. The molecule has 0 radical (unpaired) electrons. The minimum Gasteiger partial charge on any atom is -0.463 e. The normalized spacial score (nSPS) is 19.2. The Labute approximate surface area is 170 Å². The fourth-order valence-corrected chi connectivity index (χ4v) is 5.28. The number of pyridine rings is 2. The number of aliphatic hydroxyl groups excluding tert-OH is 1. The van der Waals surface area contributed by atoms with Crippen LogP contribution in [0.1, 0.15) is 45.9 Å². The highest BCUT2D eigenvalue weighted by atomic mass is 19.1. The monoisotopic (exact) mass is 406 g/mol. The van der Waals surface area contributed by atoms with Gasteiger partial charge in [0.2, 0.25) is 0 Å². The predicted molar refractivity (Wildman–Crippen MR) is 107 cm³/mol. The fraction of sp³-hybridized carbons (Fsp3) is 0.348. The van der Waals surface area contributed by atoms with Gasteiger partial charge in [-0.25, -0.2) is 14.2 Å². The second-order valence-corrected chi connectivity index (χ2v) is 8.30. The summed E-state index contributed by atoms with van der Waals surface area (Å²) in [7, 11) is 0. The van der Waals surface area contributed by atoms with Gasteiger partial charge in [-0.15, -0.1) is 0 Å². The van der Waals surface area contributed by atoms with Crippen molar-refractivity contribution in [1.82, 2.24) is 9.55 Å². The number of halogens is 1. The van der Waals surface area contributed by atoms with Crippen LogP contribution in [0, 0.1) is 12.7 Å². The van der Waals surface area contributed by atoms with E-state index in [2.05, 4.69) is 0 Å². The molecular formula is C23H19FN2O4. The van der Waals surface area contributed by atoms with Crippen LogP contribution in [-0.2, 0) is 35.3 Å². The third-order valence-electron chi connectivity index (χ3n) is 6.78. The number of benzene rings is 1. The molecule has 1 atom stereocenters. The Morgan fingerprint density at radius 2 is 1.93 bits per heavy atom. The van der Waals surface area contributed by atoms with E-state index in [4.69, 9.17) is 9.72 Å². The molecule has 7 heteroatoms. The van der Waals surface area contributed by atoms with Gasteiger partial charge >= 0.3 is 5.97 Å². The quantitative estimate of drug-likeness (QED) is 0.454. The minimum absolute atomic E-state index is 0.0692. The number of nitrogens with zero attached hydrogens (tertiary/aromatic N) is 2. The van der Waals surface area contributed by atoms with Crippen LogP contribution in [0.5, 0.6) is 0 Å². The number of cyclic esters (lactones) is 1. The minimum atomic E-state index is -1.49. The molecule has 30 heavy (non-hydrogen) atoms. The van der Waals surface area contributed by atoms with Crippen molar-refractivity contribution in [3.63, 3.8) is 0 Å². The summed E-state index contributed by atoms with van der Waals surface area (Å²) in [5, 5.41) is 11.4.